The Morgan fingerprint density at radius 3 is 2.78 bits per heavy atom. The molecule has 2 N–H and O–H groups in total. The third-order valence-electron chi connectivity index (χ3n) is 3.71. The van der Waals surface area contributed by atoms with Crippen molar-refractivity contribution in [3.63, 3.8) is 0 Å². The Kier molecular flexibility index (Phi) is 5.72. The first-order valence-corrected chi connectivity index (χ1v) is 8.13. The molecule has 0 aliphatic carbocycles. The molecule has 0 saturated carbocycles. The number of nitrogens with zero attached hydrogens (tertiary/aromatic N) is 3. The van der Waals surface area contributed by atoms with Crippen LogP contribution >= 0.6 is 0 Å². The molecule has 0 bridgehead atoms. The first-order chi connectivity index (χ1) is 13.1. The van der Waals surface area contributed by atoms with Crippen molar-refractivity contribution in [3.05, 3.63) is 59.4 Å². The van der Waals surface area contributed by atoms with E-state index in [1.165, 1.54) is 18.3 Å². The van der Waals surface area contributed by atoms with Gasteiger partial charge in [-0.2, -0.15) is 0 Å². The van der Waals surface area contributed by atoms with E-state index >= 15 is 0 Å². The van der Waals surface area contributed by atoms with E-state index in [1.54, 1.807) is 19.1 Å². The number of carbonyl (C=O) groups is 1. The largest absolute Gasteiger partial charge is 0.473 e. The number of pyridine rings is 2. The third-order valence-corrected chi connectivity index (χ3v) is 3.71. The van der Waals surface area contributed by atoms with Gasteiger partial charge in [-0.3, -0.25) is 9.78 Å². The molecule has 140 valence electrons. The van der Waals surface area contributed by atoms with Gasteiger partial charge in [-0.25, -0.2) is 9.37 Å². The molecule has 0 aromatic carbocycles. The summed E-state index contributed by atoms with van der Waals surface area (Å²) in [5.74, 6) is 0.0928. The summed E-state index contributed by atoms with van der Waals surface area (Å²) in [5.41, 5.74) is 1.96. The van der Waals surface area contributed by atoms with Crippen LogP contribution in [0.4, 0.5) is 4.39 Å². The molecule has 0 aliphatic heterocycles. The Balaban J connectivity index is 1.69. The molecule has 0 unspecified atom stereocenters. The Morgan fingerprint density at radius 2 is 2.11 bits per heavy atom. The number of aliphatic hydroxyl groups is 1. The summed E-state index contributed by atoms with van der Waals surface area (Å²) in [4.78, 5) is 19.9. The van der Waals surface area contributed by atoms with Gasteiger partial charge in [0.1, 0.15) is 23.9 Å². The molecule has 3 heterocycles. The van der Waals surface area contributed by atoms with Crippen molar-refractivity contribution in [2.24, 2.45) is 0 Å². The Morgan fingerprint density at radius 1 is 1.26 bits per heavy atom. The summed E-state index contributed by atoms with van der Waals surface area (Å²) in [6.07, 6.45) is 2.48. The number of carbonyl (C=O) groups excluding carboxylic acids is 1. The van der Waals surface area contributed by atoms with Gasteiger partial charge in [-0.15, -0.1) is 0 Å². The molecule has 0 aliphatic rings. The minimum absolute atomic E-state index is 0.118. The molecule has 0 radical (unpaired) electrons. The first-order valence-electron chi connectivity index (χ1n) is 8.13. The fourth-order valence-electron chi connectivity index (χ4n) is 2.30. The summed E-state index contributed by atoms with van der Waals surface area (Å²) in [5, 5.41) is 15.2. The molecule has 1 amide bonds. The van der Waals surface area contributed by atoms with Gasteiger partial charge in [0.15, 0.2) is 0 Å². The SMILES string of the molecule is Cc1onc(-c2ccc(F)cn2)c1COc1ccc(C(=O)NCCO)cn1. The number of aromatic nitrogens is 3. The smallest absolute Gasteiger partial charge is 0.252 e. The van der Waals surface area contributed by atoms with Gasteiger partial charge in [0.2, 0.25) is 5.88 Å². The lowest BCUT2D eigenvalue weighted by atomic mass is 10.1. The second-order valence-electron chi connectivity index (χ2n) is 5.58. The van der Waals surface area contributed by atoms with E-state index in [4.69, 9.17) is 14.4 Å². The summed E-state index contributed by atoms with van der Waals surface area (Å²) >= 11 is 0. The summed E-state index contributed by atoms with van der Waals surface area (Å²) in [7, 11) is 0. The van der Waals surface area contributed by atoms with Crippen molar-refractivity contribution in [2.45, 2.75) is 13.5 Å². The topological polar surface area (TPSA) is 110 Å². The second kappa shape index (κ2) is 8.37. The van der Waals surface area contributed by atoms with Crippen LogP contribution in [0.3, 0.4) is 0 Å². The lowest BCUT2D eigenvalue weighted by Gasteiger charge is -2.07. The Bertz CT molecular complexity index is 910. The highest BCUT2D eigenvalue weighted by atomic mass is 19.1. The molecule has 3 aromatic rings. The minimum atomic E-state index is -0.441. The molecule has 3 aromatic heterocycles. The van der Waals surface area contributed by atoms with Crippen LogP contribution in [0.1, 0.15) is 21.7 Å². The Labute approximate surface area is 154 Å². The molecule has 0 saturated heterocycles. The fraction of sp³-hybridized carbons (Fsp3) is 0.222. The van der Waals surface area contributed by atoms with Crippen molar-refractivity contribution >= 4 is 5.91 Å². The fourth-order valence-corrected chi connectivity index (χ4v) is 2.30. The zero-order valence-electron chi connectivity index (χ0n) is 14.5. The standard InChI is InChI=1S/C18H17FN4O4/c1-11-14(17(23-27-11)15-4-3-13(19)9-21-15)10-26-16-5-2-12(8-22-16)18(25)20-6-7-24/h2-5,8-9,24H,6-7,10H2,1H3,(H,20,25). The summed E-state index contributed by atoms with van der Waals surface area (Å²) in [6.45, 7) is 1.89. The molecule has 0 spiro atoms. The van der Waals surface area contributed by atoms with Gasteiger partial charge in [0, 0.05) is 18.8 Å². The van der Waals surface area contributed by atoms with Crippen LogP contribution < -0.4 is 10.1 Å². The average Bonchev–Trinajstić information content (AvgIpc) is 3.06. The molecule has 0 atom stereocenters. The van der Waals surface area contributed by atoms with Gasteiger partial charge >= 0.3 is 0 Å². The van der Waals surface area contributed by atoms with Crippen molar-refractivity contribution < 1.29 is 23.6 Å². The van der Waals surface area contributed by atoms with Gasteiger partial charge in [0.25, 0.3) is 5.91 Å². The number of hydrogen-bond acceptors (Lipinski definition) is 7. The predicted octanol–water partition coefficient (Wildman–Crippen LogP) is 1.88. The Hall–Kier alpha value is -3.33. The van der Waals surface area contributed by atoms with Gasteiger partial charge in [-0.05, 0) is 25.1 Å². The first kappa shape index (κ1) is 18.5. The highest BCUT2D eigenvalue weighted by Gasteiger charge is 2.17. The highest BCUT2D eigenvalue weighted by molar-refractivity contribution is 5.93. The van der Waals surface area contributed by atoms with Crippen LogP contribution in [0.15, 0.2) is 41.2 Å². The number of nitrogens with one attached hydrogen (secondary N) is 1. The number of rotatable bonds is 7. The van der Waals surface area contributed by atoms with E-state index in [2.05, 4.69) is 20.4 Å². The second-order valence-corrected chi connectivity index (χ2v) is 5.58. The zero-order valence-corrected chi connectivity index (χ0v) is 14.5. The van der Waals surface area contributed by atoms with Gasteiger partial charge < -0.3 is 19.7 Å². The molecule has 3 rings (SSSR count). The maximum absolute atomic E-state index is 13.1. The molecular weight excluding hydrogens is 355 g/mol. The minimum Gasteiger partial charge on any atom is -0.473 e. The quantitative estimate of drug-likeness (QED) is 0.651. The average molecular weight is 372 g/mol. The molecule has 0 fully saturated rings. The normalized spacial score (nSPS) is 10.6. The van der Waals surface area contributed by atoms with Crippen LogP contribution in [0.25, 0.3) is 11.4 Å². The van der Waals surface area contributed by atoms with E-state index in [0.29, 0.717) is 34.2 Å². The maximum Gasteiger partial charge on any atom is 0.252 e. The molecular formula is C18H17FN4O4. The number of aliphatic hydroxyl groups excluding tert-OH is 1. The van der Waals surface area contributed by atoms with Crippen molar-refractivity contribution in [1.29, 1.82) is 0 Å². The van der Waals surface area contributed by atoms with Crippen LogP contribution in [-0.4, -0.2) is 39.3 Å². The molecule has 8 nitrogen and oxygen atoms in total. The molecule has 9 heteroatoms. The highest BCUT2D eigenvalue weighted by Crippen LogP contribution is 2.25. The van der Waals surface area contributed by atoms with E-state index in [9.17, 15) is 9.18 Å². The lowest BCUT2D eigenvalue weighted by Crippen LogP contribution is -2.26. The number of aryl methyl sites for hydroxylation is 1. The maximum atomic E-state index is 13.1. The zero-order chi connectivity index (χ0) is 19.2. The van der Waals surface area contributed by atoms with E-state index < -0.39 is 5.82 Å². The monoisotopic (exact) mass is 372 g/mol. The van der Waals surface area contributed by atoms with Gasteiger partial charge in [0.05, 0.1) is 29.6 Å². The van der Waals surface area contributed by atoms with Crippen LogP contribution in [-0.2, 0) is 6.61 Å². The summed E-state index contributed by atoms with van der Waals surface area (Å²) < 4.78 is 23.9. The van der Waals surface area contributed by atoms with E-state index in [-0.39, 0.29) is 25.7 Å². The van der Waals surface area contributed by atoms with Crippen LogP contribution in [0.5, 0.6) is 5.88 Å². The van der Waals surface area contributed by atoms with Crippen LogP contribution in [0, 0.1) is 12.7 Å². The molecule has 27 heavy (non-hydrogen) atoms. The van der Waals surface area contributed by atoms with Crippen LogP contribution in [0.2, 0.25) is 0 Å². The number of hydrogen-bond donors (Lipinski definition) is 2. The third kappa shape index (κ3) is 4.45. The van der Waals surface area contributed by atoms with E-state index in [1.807, 2.05) is 0 Å². The van der Waals surface area contributed by atoms with E-state index in [0.717, 1.165) is 6.20 Å². The number of halogens is 1. The lowest BCUT2D eigenvalue weighted by molar-refractivity contribution is 0.0944. The van der Waals surface area contributed by atoms with Crippen molar-refractivity contribution in [2.75, 3.05) is 13.2 Å². The number of amides is 1. The number of ether oxygens (including phenoxy) is 1. The van der Waals surface area contributed by atoms with Crippen molar-refractivity contribution in [3.8, 4) is 17.3 Å². The predicted molar refractivity (Wildman–Crippen MR) is 92.4 cm³/mol. The van der Waals surface area contributed by atoms with Gasteiger partial charge in [-0.1, -0.05) is 5.16 Å². The van der Waals surface area contributed by atoms with Crippen molar-refractivity contribution in [1.82, 2.24) is 20.4 Å². The summed E-state index contributed by atoms with van der Waals surface area (Å²) in [6, 6.07) is 5.93.